The van der Waals surface area contributed by atoms with Gasteiger partial charge in [0.15, 0.2) is 0 Å². The average Bonchev–Trinajstić information content (AvgIpc) is 3.34. The van der Waals surface area contributed by atoms with Gasteiger partial charge in [0.2, 0.25) is 5.56 Å². The number of aromatic hydroxyl groups is 1. The van der Waals surface area contributed by atoms with Crippen LogP contribution in [0.3, 0.4) is 0 Å². The van der Waals surface area contributed by atoms with Gasteiger partial charge in [-0.1, -0.05) is 91.0 Å². The molecule has 2 atom stereocenters. The van der Waals surface area contributed by atoms with Crippen molar-refractivity contribution in [2.45, 2.75) is 44.5 Å². The highest BCUT2D eigenvalue weighted by Gasteiger charge is 2.27. The Hall–Kier alpha value is -7.19. The molecule has 65 heavy (non-hydrogen) atoms. The Kier molecular flexibility index (Phi) is 14.3. The number of methoxy groups -OCH3 is 1. The van der Waals surface area contributed by atoms with E-state index in [1.165, 1.54) is 24.8 Å². The van der Waals surface area contributed by atoms with Gasteiger partial charge >= 0.3 is 5.97 Å². The molecule has 1 aliphatic rings. The number of nitrogens with one attached hydrogen (secondary N) is 3. The number of hydrogen-bond donors (Lipinski definition) is 5. The minimum atomic E-state index is -0.931. The molecule has 7 aromatic rings. The van der Waals surface area contributed by atoms with Crippen LogP contribution in [0.15, 0.2) is 145 Å². The van der Waals surface area contributed by atoms with Crippen LogP contribution in [0.25, 0.3) is 22.0 Å². The van der Waals surface area contributed by atoms with Crippen LogP contribution in [-0.4, -0.2) is 75.3 Å². The first-order valence-electron chi connectivity index (χ1n) is 21.8. The quantitative estimate of drug-likeness (QED) is 0.0593. The number of ether oxygens (including phenoxy) is 2. The number of benzene rings is 5. The maximum Gasteiger partial charge on any atom is 0.317 e. The topological polar surface area (TPSA) is 179 Å². The molecule has 1 fully saturated rings. The summed E-state index contributed by atoms with van der Waals surface area (Å²) in [5.41, 5.74) is 6.22. The molecule has 5 N–H and O–H groups in total. The lowest BCUT2D eigenvalue weighted by Crippen LogP contribution is -2.35. The number of aromatic nitrogens is 3. The van der Waals surface area contributed by atoms with E-state index in [9.17, 15) is 24.6 Å². The first kappa shape index (κ1) is 44.4. The Labute approximate surface area is 377 Å². The van der Waals surface area contributed by atoms with Crippen molar-refractivity contribution in [3.8, 4) is 22.6 Å². The Bertz CT molecular complexity index is 2780. The number of aromatic amines is 1. The fraction of sp³-hybridized carbons (Fsp3) is 0.250. The number of likely N-dealkylation sites (tertiary alicyclic amines) is 1. The number of piperidine rings is 1. The summed E-state index contributed by atoms with van der Waals surface area (Å²) in [6.45, 7) is 3.88. The normalized spacial score (nSPS) is 14.1. The molecular formula is C52H52N6O7. The number of esters is 1. The second-order valence-corrected chi connectivity index (χ2v) is 16.3. The fourth-order valence-corrected chi connectivity index (χ4v) is 8.34. The third-order valence-electron chi connectivity index (χ3n) is 11.9. The van der Waals surface area contributed by atoms with Crippen molar-refractivity contribution in [1.82, 2.24) is 30.5 Å². The van der Waals surface area contributed by atoms with Gasteiger partial charge in [-0.2, -0.15) is 0 Å². The lowest BCUT2D eigenvalue weighted by atomic mass is 9.89. The van der Waals surface area contributed by atoms with E-state index < -0.39 is 12.0 Å². The lowest BCUT2D eigenvalue weighted by molar-refractivity contribution is -0.146. The third kappa shape index (κ3) is 11.1. The van der Waals surface area contributed by atoms with Crippen molar-refractivity contribution in [2.24, 2.45) is 5.92 Å². The first-order valence-corrected chi connectivity index (χ1v) is 21.8. The van der Waals surface area contributed by atoms with E-state index in [0.29, 0.717) is 47.2 Å². The minimum Gasteiger partial charge on any atom is -0.506 e. The fourth-order valence-electron chi connectivity index (χ4n) is 8.34. The van der Waals surface area contributed by atoms with E-state index >= 15 is 0 Å². The molecule has 2 unspecified atom stereocenters. The molecule has 3 heterocycles. The maximum absolute atomic E-state index is 13.9. The zero-order valence-electron chi connectivity index (χ0n) is 36.2. The smallest absolute Gasteiger partial charge is 0.317 e. The van der Waals surface area contributed by atoms with Crippen LogP contribution in [0.5, 0.6) is 11.5 Å². The van der Waals surface area contributed by atoms with Crippen LogP contribution in [0, 0.1) is 5.92 Å². The van der Waals surface area contributed by atoms with Crippen LogP contribution >= 0.6 is 0 Å². The van der Waals surface area contributed by atoms with Crippen LogP contribution in [0.1, 0.15) is 68.9 Å². The van der Waals surface area contributed by atoms with Gasteiger partial charge < -0.3 is 35.3 Å². The number of rotatable bonds is 17. The van der Waals surface area contributed by atoms with Crippen LogP contribution in [-0.2, 0) is 29.2 Å². The Morgan fingerprint density at radius 2 is 1.57 bits per heavy atom. The largest absolute Gasteiger partial charge is 0.506 e. The number of phenolic OH excluding ortho intramolecular Hbond substituents is 1. The SMILES string of the molecule is COc1cc(C(=O)NCc2ncc(-c3cccc(C(C(=O)OCC4CCN(Cc5ccccc5)CC4)c4ccccc4)c3)cn2)ccc1CNCC(O)c1ccc(O)c2[nH]c(=O)ccc12. The summed E-state index contributed by atoms with van der Waals surface area (Å²) < 4.78 is 11.7. The number of nitrogens with zero attached hydrogens (tertiary/aromatic N) is 3. The number of amides is 1. The summed E-state index contributed by atoms with van der Waals surface area (Å²) in [6.07, 6.45) is 4.45. The van der Waals surface area contributed by atoms with E-state index in [4.69, 9.17) is 9.47 Å². The molecule has 1 saturated heterocycles. The monoisotopic (exact) mass is 872 g/mol. The summed E-state index contributed by atoms with van der Waals surface area (Å²) in [5, 5.41) is 27.8. The Morgan fingerprint density at radius 1 is 0.831 bits per heavy atom. The van der Waals surface area contributed by atoms with Crippen molar-refractivity contribution in [2.75, 3.05) is 33.4 Å². The zero-order chi connectivity index (χ0) is 45.1. The summed E-state index contributed by atoms with van der Waals surface area (Å²) in [7, 11) is 1.52. The number of aliphatic hydroxyl groups is 1. The minimum absolute atomic E-state index is 0.0786. The number of H-pyrrole nitrogens is 1. The summed E-state index contributed by atoms with van der Waals surface area (Å²) in [4.78, 5) is 53.1. The Morgan fingerprint density at radius 3 is 2.32 bits per heavy atom. The van der Waals surface area contributed by atoms with Crippen molar-refractivity contribution in [3.05, 3.63) is 189 Å². The zero-order valence-corrected chi connectivity index (χ0v) is 36.2. The number of fused-ring (bicyclic) bond motifs is 1. The molecule has 0 radical (unpaired) electrons. The molecule has 0 bridgehead atoms. The van der Waals surface area contributed by atoms with Crippen molar-refractivity contribution in [1.29, 1.82) is 0 Å². The van der Waals surface area contributed by atoms with Crippen LogP contribution in [0.2, 0.25) is 0 Å². The van der Waals surface area contributed by atoms with E-state index in [0.717, 1.165) is 60.3 Å². The predicted octanol–water partition coefficient (Wildman–Crippen LogP) is 7.04. The predicted molar refractivity (Wildman–Crippen MR) is 248 cm³/mol. The number of pyridine rings is 1. The summed E-state index contributed by atoms with van der Waals surface area (Å²) in [5.74, 6) is -0.0520. The van der Waals surface area contributed by atoms with Gasteiger partial charge in [0.1, 0.15) is 23.2 Å². The molecule has 0 aliphatic carbocycles. The molecule has 13 heteroatoms. The maximum atomic E-state index is 13.9. The average molecular weight is 873 g/mol. The molecule has 5 aromatic carbocycles. The van der Waals surface area contributed by atoms with Gasteiger partial charge in [-0.3, -0.25) is 19.3 Å². The van der Waals surface area contributed by atoms with Gasteiger partial charge in [-0.15, -0.1) is 0 Å². The van der Waals surface area contributed by atoms with Crippen LogP contribution in [0.4, 0.5) is 0 Å². The number of aliphatic hydroxyl groups excluding tert-OH is 1. The molecule has 8 rings (SSSR count). The number of hydrogen-bond acceptors (Lipinski definition) is 11. The lowest BCUT2D eigenvalue weighted by Gasteiger charge is -2.32. The Balaban J connectivity index is 0.848. The third-order valence-corrected chi connectivity index (χ3v) is 11.9. The standard InChI is InChI=1S/C52H52N6O7/c1-64-46-26-39(15-16-40(46)27-53-30-45(60)42-17-19-44(59)50-43(42)18-20-48(61)57-50)51(62)56-31-47-54-28-41(29-55-47)37-13-8-14-38(25-37)49(36-11-6-3-7-12-36)52(63)65-33-35-21-23-58(24-22-35)32-34-9-4-2-5-10-34/h2-20,25-26,28-29,35,45,49,53,59-60H,21-24,27,30-33H2,1H3,(H,56,62)(H,57,61). The highest BCUT2D eigenvalue weighted by atomic mass is 16.5. The van der Waals surface area contributed by atoms with Crippen molar-refractivity contribution in [3.63, 3.8) is 0 Å². The molecular weight excluding hydrogens is 821 g/mol. The molecule has 1 aliphatic heterocycles. The van der Waals surface area contributed by atoms with E-state index in [1.54, 1.807) is 42.7 Å². The van der Waals surface area contributed by atoms with Gasteiger partial charge in [-0.25, -0.2) is 9.97 Å². The number of phenols is 1. The second-order valence-electron chi connectivity index (χ2n) is 16.3. The van der Waals surface area contributed by atoms with Gasteiger partial charge in [0.05, 0.1) is 31.9 Å². The van der Waals surface area contributed by atoms with E-state index in [-0.39, 0.29) is 41.8 Å². The van der Waals surface area contributed by atoms with E-state index in [2.05, 4.69) is 54.8 Å². The van der Waals surface area contributed by atoms with Crippen molar-refractivity contribution < 1.29 is 29.3 Å². The molecule has 0 spiro atoms. The molecule has 2 aromatic heterocycles. The van der Waals surface area contributed by atoms with Gasteiger partial charge in [0.25, 0.3) is 5.91 Å². The summed E-state index contributed by atoms with van der Waals surface area (Å²) in [6, 6.07) is 39.1. The highest BCUT2D eigenvalue weighted by Crippen LogP contribution is 2.32. The molecule has 332 valence electrons. The van der Waals surface area contributed by atoms with Gasteiger partial charge in [-0.05, 0) is 90.0 Å². The highest BCUT2D eigenvalue weighted by molar-refractivity contribution is 5.94. The number of carbonyl (C=O) groups excluding carboxylic acids is 2. The first-order chi connectivity index (χ1) is 31.7. The van der Waals surface area contributed by atoms with Crippen molar-refractivity contribution >= 4 is 22.8 Å². The molecule has 0 saturated carbocycles. The number of carbonyl (C=O) groups is 2. The molecule has 1 amide bonds. The second kappa shape index (κ2) is 21.0. The van der Waals surface area contributed by atoms with Gasteiger partial charge in [0, 0.05) is 60.2 Å². The molecule has 13 nitrogen and oxygen atoms in total. The summed E-state index contributed by atoms with van der Waals surface area (Å²) >= 11 is 0. The van der Waals surface area contributed by atoms with E-state index in [1.807, 2.05) is 60.7 Å². The van der Waals surface area contributed by atoms with Crippen LogP contribution < -0.4 is 20.9 Å².